The molecule has 1 saturated heterocycles. The van der Waals surface area contributed by atoms with Crippen molar-refractivity contribution in [3.63, 3.8) is 0 Å². The van der Waals surface area contributed by atoms with Gasteiger partial charge < -0.3 is 19.7 Å². The normalized spacial score (nSPS) is 16.0. The van der Waals surface area contributed by atoms with Crippen LogP contribution >= 0.6 is 0 Å². The van der Waals surface area contributed by atoms with Crippen molar-refractivity contribution in [2.45, 2.75) is 45.3 Å². The van der Waals surface area contributed by atoms with Crippen LogP contribution in [0.25, 0.3) is 22.3 Å². The van der Waals surface area contributed by atoms with Crippen molar-refractivity contribution in [3.8, 4) is 22.9 Å². The molecule has 0 saturated carbocycles. The van der Waals surface area contributed by atoms with Crippen molar-refractivity contribution in [2.75, 3.05) is 25.5 Å². The summed E-state index contributed by atoms with van der Waals surface area (Å²) in [5.41, 5.74) is 1.69. The lowest BCUT2D eigenvalue weighted by Gasteiger charge is -2.34. The van der Waals surface area contributed by atoms with Gasteiger partial charge in [-0.05, 0) is 51.8 Å². The predicted octanol–water partition coefficient (Wildman–Crippen LogP) is 5.29. The summed E-state index contributed by atoms with van der Waals surface area (Å²) in [6.07, 6.45) is 4.68. The molecule has 1 N–H and O–H groups in total. The fourth-order valence-electron chi connectivity index (χ4n) is 4.46. The van der Waals surface area contributed by atoms with Gasteiger partial charge in [0.15, 0.2) is 5.65 Å². The molecule has 192 valence electrons. The zero-order chi connectivity index (χ0) is 26.0. The number of para-hydroxylation sites is 1. The van der Waals surface area contributed by atoms with Crippen molar-refractivity contribution >= 4 is 22.9 Å². The summed E-state index contributed by atoms with van der Waals surface area (Å²) in [5.74, 6) is 1.88. The average Bonchev–Trinajstić information content (AvgIpc) is 3.29. The third-order valence-electron chi connectivity index (χ3n) is 6.10. The number of aromatic nitrogens is 5. The summed E-state index contributed by atoms with van der Waals surface area (Å²) in [4.78, 5) is 28.0. The molecule has 3 aromatic heterocycles. The number of benzene rings is 1. The number of nitrogens with zero attached hydrogens (tertiary/aromatic N) is 6. The number of likely N-dealkylation sites (tertiary alicyclic amines) is 1. The first kappa shape index (κ1) is 24.5. The van der Waals surface area contributed by atoms with Crippen molar-refractivity contribution in [3.05, 3.63) is 55.0 Å². The van der Waals surface area contributed by atoms with Crippen LogP contribution in [0.3, 0.4) is 0 Å². The lowest BCUT2D eigenvalue weighted by molar-refractivity contribution is 0.0169. The topological polar surface area (TPSA) is 107 Å². The molecule has 0 unspecified atom stereocenters. The SMILES string of the molecule is CNc1ncnc2c1c(-c1ccc(Oc3ccccc3)nc1)nn2[C@@H]1CCCN(C(=O)OC(C)(C)C)C1. The fourth-order valence-corrected chi connectivity index (χ4v) is 4.46. The van der Waals surface area contributed by atoms with Gasteiger partial charge in [-0.3, -0.25) is 0 Å². The van der Waals surface area contributed by atoms with Gasteiger partial charge >= 0.3 is 6.09 Å². The number of fused-ring (bicyclic) bond motifs is 1. The Hall–Kier alpha value is -4.21. The van der Waals surface area contributed by atoms with Crippen molar-refractivity contribution in [1.82, 2.24) is 29.6 Å². The average molecular weight is 502 g/mol. The minimum Gasteiger partial charge on any atom is -0.444 e. The molecule has 10 nitrogen and oxygen atoms in total. The van der Waals surface area contributed by atoms with E-state index in [4.69, 9.17) is 14.6 Å². The Morgan fingerprint density at radius 2 is 1.89 bits per heavy atom. The fraction of sp³-hybridized carbons (Fsp3) is 0.370. The lowest BCUT2D eigenvalue weighted by atomic mass is 10.1. The first-order chi connectivity index (χ1) is 17.8. The van der Waals surface area contributed by atoms with Crippen LogP contribution in [-0.2, 0) is 4.74 Å². The van der Waals surface area contributed by atoms with E-state index in [2.05, 4.69) is 20.3 Å². The Morgan fingerprint density at radius 3 is 2.59 bits per heavy atom. The van der Waals surface area contributed by atoms with Gasteiger partial charge in [0.25, 0.3) is 0 Å². The van der Waals surface area contributed by atoms with E-state index in [0.29, 0.717) is 36.1 Å². The highest BCUT2D eigenvalue weighted by Gasteiger charge is 2.31. The number of anilines is 1. The van der Waals surface area contributed by atoms with Crippen LogP contribution in [0.2, 0.25) is 0 Å². The van der Waals surface area contributed by atoms with E-state index >= 15 is 0 Å². The van der Waals surface area contributed by atoms with Crippen LogP contribution in [0.4, 0.5) is 10.6 Å². The smallest absolute Gasteiger partial charge is 0.410 e. The molecule has 1 atom stereocenters. The maximum atomic E-state index is 12.8. The highest BCUT2D eigenvalue weighted by molar-refractivity contribution is 5.98. The van der Waals surface area contributed by atoms with Crippen LogP contribution in [0.1, 0.15) is 39.7 Å². The summed E-state index contributed by atoms with van der Waals surface area (Å²) in [6.45, 7) is 6.77. The molecule has 1 aliphatic heterocycles. The quantitative estimate of drug-likeness (QED) is 0.393. The van der Waals surface area contributed by atoms with Crippen molar-refractivity contribution in [1.29, 1.82) is 0 Å². The number of hydrogen-bond acceptors (Lipinski definition) is 8. The number of amides is 1. The van der Waals surface area contributed by atoms with Crippen LogP contribution in [0, 0.1) is 0 Å². The zero-order valence-corrected chi connectivity index (χ0v) is 21.5. The molecule has 4 aromatic rings. The number of rotatable bonds is 5. The van der Waals surface area contributed by atoms with Gasteiger partial charge in [0.1, 0.15) is 29.2 Å². The second-order valence-corrected chi connectivity index (χ2v) is 9.99. The molecule has 37 heavy (non-hydrogen) atoms. The van der Waals surface area contributed by atoms with Crippen molar-refractivity contribution in [2.24, 2.45) is 0 Å². The molecule has 1 aliphatic rings. The van der Waals surface area contributed by atoms with E-state index in [1.165, 1.54) is 6.33 Å². The second-order valence-electron chi connectivity index (χ2n) is 9.99. The third kappa shape index (κ3) is 5.32. The van der Waals surface area contributed by atoms with Crippen molar-refractivity contribution < 1.29 is 14.3 Å². The molecule has 0 aliphatic carbocycles. The number of pyridine rings is 1. The molecular weight excluding hydrogens is 470 g/mol. The number of piperidine rings is 1. The first-order valence-electron chi connectivity index (χ1n) is 12.4. The van der Waals surface area contributed by atoms with E-state index < -0.39 is 5.60 Å². The molecule has 1 amide bonds. The molecular formula is C27H31N7O3. The largest absolute Gasteiger partial charge is 0.444 e. The monoisotopic (exact) mass is 501 g/mol. The van der Waals surface area contributed by atoms with Crippen LogP contribution in [-0.4, -0.2) is 61.5 Å². The number of carbonyl (C=O) groups excluding carboxylic acids is 1. The highest BCUT2D eigenvalue weighted by atomic mass is 16.6. The van der Waals surface area contributed by atoms with Gasteiger partial charge in [-0.25, -0.2) is 24.4 Å². The Bertz CT molecular complexity index is 1380. The van der Waals surface area contributed by atoms with E-state index in [-0.39, 0.29) is 12.1 Å². The Morgan fingerprint density at radius 1 is 1.08 bits per heavy atom. The first-order valence-corrected chi connectivity index (χ1v) is 12.4. The molecule has 10 heteroatoms. The van der Waals surface area contributed by atoms with Gasteiger partial charge in [0, 0.05) is 38.0 Å². The number of nitrogens with one attached hydrogen (secondary N) is 1. The molecule has 0 bridgehead atoms. The Kier molecular flexibility index (Phi) is 6.64. The van der Waals surface area contributed by atoms with E-state index in [1.807, 2.05) is 75.0 Å². The van der Waals surface area contributed by atoms with E-state index in [1.54, 1.807) is 11.1 Å². The molecule has 4 heterocycles. The van der Waals surface area contributed by atoms with E-state index in [9.17, 15) is 4.79 Å². The Balaban J connectivity index is 1.47. The van der Waals surface area contributed by atoms with Crippen LogP contribution in [0.15, 0.2) is 55.0 Å². The standard InChI is InChI=1S/C27H31N7O3/c1-27(2,3)37-26(35)33-14-8-9-19(16-33)34-25-22(24(28-4)30-17-31-25)23(32-34)18-12-13-21(29-15-18)36-20-10-6-5-7-11-20/h5-7,10-13,15,17,19H,8-9,14,16H2,1-4H3,(H,28,30,31)/t19-/m1/s1. The number of hydrogen-bond donors (Lipinski definition) is 1. The maximum absolute atomic E-state index is 12.8. The van der Waals surface area contributed by atoms with Gasteiger partial charge in [-0.15, -0.1) is 0 Å². The minimum atomic E-state index is -0.548. The summed E-state index contributed by atoms with van der Waals surface area (Å²) in [6, 6.07) is 13.2. The molecule has 1 fully saturated rings. The molecule has 0 spiro atoms. The second kappa shape index (κ2) is 10.0. The minimum absolute atomic E-state index is 0.0502. The third-order valence-corrected chi connectivity index (χ3v) is 6.10. The predicted molar refractivity (Wildman–Crippen MR) is 141 cm³/mol. The van der Waals surface area contributed by atoms with Gasteiger partial charge in [-0.1, -0.05) is 18.2 Å². The van der Waals surface area contributed by atoms with E-state index in [0.717, 1.165) is 29.5 Å². The molecule has 1 aromatic carbocycles. The summed E-state index contributed by atoms with van der Waals surface area (Å²) < 4.78 is 13.4. The molecule has 5 rings (SSSR count). The highest BCUT2D eigenvalue weighted by Crippen LogP contribution is 2.35. The zero-order valence-electron chi connectivity index (χ0n) is 21.5. The van der Waals surface area contributed by atoms with Gasteiger partial charge in [0.05, 0.1) is 11.4 Å². The Labute approximate surface area is 215 Å². The van der Waals surface area contributed by atoms with Crippen LogP contribution < -0.4 is 10.1 Å². The maximum Gasteiger partial charge on any atom is 0.410 e. The van der Waals surface area contributed by atoms with Gasteiger partial charge in [0.2, 0.25) is 5.88 Å². The van der Waals surface area contributed by atoms with Crippen LogP contribution in [0.5, 0.6) is 11.6 Å². The number of ether oxygens (including phenoxy) is 2. The summed E-state index contributed by atoms with van der Waals surface area (Å²) in [7, 11) is 1.82. The summed E-state index contributed by atoms with van der Waals surface area (Å²) >= 11 is 0. The lowest BCUT2D eigenvalue weighted by Crippen LogP contribution is -2.43. The molecule has 0 radical (unpaired) electrons. The number of carbonyl (C=O) groups is 1. The van der Waals surface area contributed by atoms with Gasteiger partial charge in [-0.2, -0.15) is 5.10 Å². The summed E-state index contributed by atoms with van der Waals surface area (Å²) in [5, 5.41) is 8.95.